The highest BCUT2D eigenvalue weighted by Crippen LogP contribution is 2.54. The van der Waals surface area contributed by atoms with Crippen LogP contribution in [-0.2, 0) is 79.6 Å². The zero-order valence-corrected chi connectivity index (χ0v) is 48.5. The molecule has 11 rings (SSSR count). The van der Waals surface area contributed by atoms with Crippen LogP contribution in [0.4, 0.5) is 9.59 Å². The summed E-state index contributed by atoms with van der Waals surface area (Å²) in [5, 5.41) is 22.0. The minimum atomic E-state index is -1.07. The molecule has 10 saturated heterocycles. The number of primary amides is 1. The lowest BCUT2D eigenvalue weighted by Crippen LogP contribution is -2.61. The van der Waals surface area contributed by atoms with E-state index in [1.54, 1.807) is 45.2 Å². The van der Waals surface area contributed by atoms with Gasteiger partial charge < -0.3 is 79.5 Å². The van der Waals surface area contributed by atoms with Gasteiger partial charge in [-0.3, -0.25) is 19.2 Å². The van der Waals surface area contributed by atoms with Gasteiger partial charge in [0.1, 0.15) is 49.0 Å². The predicted molar refractivity (Wildman–Crippen MR) is 297 cm³/mol. The van der Waals surface area contributed by atoms with Crippen molar-refractivity contribution in [3.05, 3.63) is 59.7 Å². The molecular weight excluding hydrogens is 1070 g/mol. The largest absolute Gasteiger partial charge is 0.445 e. The number of aliphatic hydroxyl groups is 1. The van der Waals surface area contributed by atoms with Gasteiger partial charge in [-0.05, 0) is 92.4 Å². The van der Waals surface area contributed by atoms with Crippen molar-refractivity contribution in [2.24, 2.45) is 17.6 Å². The molecule has 10 aliphatic rings. The van der Waals surface area contributed by atoms with Gasteiger partial charge in [-0.1, -0.05) is 51.3 Å². The summed E-state index contributed by atoms with van der Waals surface area (Å²) in [7, 11) is 1.59. The van der Waals surface area contributed by atoms with Crippen LogP contribution in [0.1, 0.15) is 135 Å². The Morgan fingerprint density at radius 1 is 0.771 bits per heavy atom. The van der Waals surface area contributed by atoms with Crippen LogP contribution in [0.2, 0.25) is 0 Å². The summed E-state index contributed by atoms with van der Waals surface area (Å²) in [5.41, 5.74) is 8.55. The summed E-state index contributed by atoms with van der Waals surface area (Å²) in [6.07, 6.45) is 2.48. The second kappa shape index (κ2) is 26.8. The molecule has 0 aliphatic carbocycles. The van der Waals surface area contributed by atoms with Gasteiger partial charge in [-0.15, -0.1) is 0 Å². The minimum absolute atomic E-state index is 0.00870. The number of urea groups is 1. The van der Waals surface area contributed by atoms with Crippen molar-refractivity contribution in [3.63, 3.8) is 0 Å². The number of carbonyl (C=O) groups excluding carboxylic acids is 6. The van der Waals surface area contributed by atoms with E-state index in [1.165, 1.54) is 6.92 Å². The van der Waals surface area contributed by atoms with Crippen LogP contribution in [0.3, 0.4) is 0 Å². The fourth-order valence-corrected chi connectivity index (χ4v) is 14.3. The van der Waals surface area contributed by atoms with Gasteiger partial charge in [-0.25, -0.2) is 9.59 Å². The zero-order valence-electron chi connectivity index (χ0n) is 48.5. The standard InChI is InChI=1S/C61H87N5O17/c1-31(2)51(65-34(5)67)58(71)66-43(8-7-21-63-59(62)72)44(70)23-35-10-12-36(13-11-35)30-75-60(73)64-29-38(69)26-49-52(74-6)42-25-37(68)24-40-16-18-46-53(78-40)57-56-55(80-46)54-50(81-56)28-61(82-54,83-57)20-19-41-22-33(4)45(77-41)17-15-39-14-9-32(3)47(76-39)27-48(42)79-49/h10-13,31,38-43,45-57,69H,3-4,7-9,14-30H2,1-2,5-6H3,(H,64,73)(H,65,67)(H,66,71)(H3,62,63,72)/t38-,39+,40+,41-,42-,43-,45-,46-,47+,48-,49+,50+,51-,52+,53-,54-,55?,56?,57-,61-/m0/s1. The lowest BCUT2D eigenvalue weighted by atomic mass is 9.83. The van der Waals surface area contributed by atoms with Crippen LogP contribution in [-0.4, -0.2) is 176 Å². The van der Waals surface area contributed by atoms with E-state index in [4.69, 9.17) is 53.1 Å². The monoisotopic (exact) mass is 1160 g/mol. The lowest BCUT2D eigenvalue weighted by molar-refractivity contribution is -0.292. The van der Waals surface area contributed by atoms with Gasteiger partial charge in [0.2, 0.25) is 11.8 Å². The number of nitrogens with one attached hydrogen (secondary N) is 4. The third kappa shape index (κ3) is 14.7. The third-order valence-corrected chi connectivity index (χ3v) is 18.5. The van der Waals surface area contributed by atoms with E-state index in [0.29, 0.717) is 49.7 Å². The number of hydrogen-bond acceptors (Lipinski definition) is 17. The van der Waals surface area contributed by atoms with Crippen LogP contribution in [0.25, 0.3) is 0 Å². The highest BCUT2D eigenvalue weighted by molar-refractivity contribution is 5.93. The van der Waals surface area contributed by atoms with Crippen molar-refractivity contribution in [1.29, 1.82) is 0 Å². The molecule has 1 spiro atoms. The second-order valence-corrected chi connectivity index (χ2v) is 25.0. The first kappa shape index (κ1) is 61.2. The number of ether oxygens (including phenoxy) is 10. The molecule has 0 aromatic heterocycles. The van der Waals surface area contributed by atoms with Crippen molar-refractivity contribution < 1.29 is 81.2 Å². The molecule has 0 radical (unpaired) electrons. The average molecular weight is 1160 g/mol. The number of nitrogens with two attached hydrogens (primary N) is 1. The van der Waals surface area contributed by atoms with E-state index in [1.807, 2.05) is 0 Å². The molecule has 22 nitrogen and oxygen atoms in total. The Morgan fingerprint density at radius 3 is 2.25 bits per heavy atom. The third-order valence-electron chi connectivity index (χ3n) is 18.5. The first-order valence-electron chi connectivity index (χ1n) is 30.3. The summed E-state index contributed by atoms with van der Waals surface area (Å²) in [5.74, 6) is -2.62. The number of alkyl carbamates (subject to hydrolysis) is 1. The quantitative estimate of drug-likeness (QED) is 0.0879. The van der Waals surface area contributed by atoms with Crippen molar-refractivity contribution in [2.75, 3.05) is 20.2 Å². The summed E-state index contributed by atoms with van der Waals surface area (Å²) >= 11 is 0. The van der Waals surface area contributed by atoms with Gasteiger partial charge in [0, 0.05) is 78.0 Å². The Hall–Kier alpha value is -4.88. The van der Waals surface area contributed by atoms with E-state index in [0.717, 1.165) is 49.7 Å². The molecule has 5 amide bonds. The zero-order chi connectivity index (χ0) is 58.7. The van der Waals surface area contributed by atoms with Crippen LogP contribution in [0.5, 0.6) is 0 Å². The maximum absolute atomic E-state index is 14.4. The molecule has 1 aromatic carbocycles. The average Bonchev–Trinajstić information content (AvgIpc) is 1.81. The molecule has 10 fully saturated rings. The molecule has 10 aliphatic heterocycles. The van der Waals surface area contributed by atoms with Crippen molar-refractivity contribution in [1.82, 2.24) is 21.3 Å². The van der Waals surface area contributed by atoms with Crippen LogP contribution >= 0.6 is 0 Å². The molecule has 12 bridgehead atoms. The minimum Gasteiger partial charge on any atom is -0.445 e. The number of carbonyl (C=O) groups is 6. The summed E-state index contributed by atoms with van der Waals surface area (Å²) < 4.78 is 66.0. The van der Waals surface area contributed by atoms with Crippen LogP contribution < -0.4 is 27.0 Å². The van der Waals surface area contributed by atoms with Gasteiger partial charge in [0.25, 0.3) is 0 Å². The van der Waals surface area contributed by atoms with Gasteiger partial charge in [0.05, 0.1) is 73.2 Å². The second-order valence-electron chi connectivity index (χ2n) is 25.0. The Bertz CT molecular complexity index is 2530. The molecule has 22 heteroatoms. The Labute approximate surface area is 486 Å². The normalized spacial score (nSPS) is 36.7. The van der Waals surface area contributed by atoms with Crippen molar-refractivity contribution >= 4 is 35.5 Å². The molecular formula is C61H87N5O17. The van der Waals surface area contributed by atoms with E-state index in [-0.39, 0.29) is 142 Å². The highest BCUT2D eigenvalue weighted by atomic mass is 16.8. The number of hydrogen-bond donors (Lipinski definition) is 6. The molecule has 83 heavy (non-hydrogen) atoms. The van der Waals surface area contributed by atoms with E-state index in [9.17, 15) is 33.9 Å². The van der Waals surface area contributed by atoms with Crippen LogP contribution in [0, 0.1) is 11.8 Å². The number of methoxy groups -OCH3 is 1. The Balaban J connectivity index is 0.749. The molecule has 7 N–H and O–H groups in total. The number of Topliss-reactive ketones (excluding diaryl/α,β-unsaturated/α-hetero) is 2. The maximum Gasteiger partial charge on any atom is 0.407 e. The number of benzene rings is 1. The van der Waals surface area contributed by atoms with Gasteiger partial charge >= 0.3 is 12.1 Å². The smallest absolute Gasteiger partial charge is 0.407 e. The number of fused-ring (bicyclic) bond motifs is 6. The molecule has 1 aromatic rings. The maximum atomic E-state index is 14.4. The lowest BCUT2D eigenvalue weighted by Gasteiger charge is -2.47. The van der Waals surface area contributed by atoms with Crippen molar-refractivity contribution in [3.8, 4) is 0 Å². The van der Waals surface area contributed by atoms with E-state index >= 15 is 0 Å². The first-order valence-corrected chi connectivity index (χ1v) is 30.3. The SMILES string of the molecule is C=C1C[C@@H]2CC[C@@]34C[C@H]5OC6C(O[C@H]7CC[C@H](CC(=O)C[C@@H]8[C@@H](OC)[C@@H](C[C@H](O)CNC(=O)OCc9ccc(CC(=O)[C@H](CCCNC(N)=O)NC(=O)[C@@H](NC(C)=O)C(C)C)cc9)O[C@H]8C[C@H]8O[C@H](CCC8=C)CC[C@@H]1O2)O[C@@H]7[C@@H]6O3)[C@H]5O4. The molecule has 10 heterocycles. The van der Waals surface area contributed by atoms with Gasteiger partial charge in [-0.2, -0.15) is 0 Å². The van der Waals surface area contributed by atoms with Crippen molar-refractivity contribution in [2.45, 2.75) is 252 Å². The van der Waals surface area contributed by atoms with Gasteiger partial charge in [0.15, 0.2) is 11.6 Å². The molecule has 458 valence electrons. The molecule has 20 atom stereocenters. The number of aliphatic hydroxyl groups excluding tert-OH is 1. The van der Waals surface area contributed by atoms with E-state index in [2.05, 4.69) is 34.4 Å². The van der Waals surface area contributed by atoms with E-state index < -0.39 is 72.5 Å². The summed E-state index contributed by atoms with van der Waals surface area (Å²) in [6, 6.07) is 4.44. The first-order chi connectivity index (χ1) is 39.8. The summed E-state index contributed by atoms with van der Waals surface area (Å²) in [4.78, 5) is 77.4. The summed E-state index contributed by atoms with van der Waals surface area (Å²) in [6.45, 7) is 13.7. The number of rotatable bonds is 18. The Kier molecular flexibility index (Phi) is 19.8. The van der Waals surface area contributed by atoms with Crippen LogP contribution in [0.15, 0.2) is 48.6 Å². The topological polar surface area (TPSA) is 289 Å². The fourth-order valence-electron chi connectivity index (χ4n) is 14.3. The number of ketones is 2. The highest BCUT2D eigenvalue weighted by Gasteiger charge is 2.69. The predicted octanol–water partition coefficient (Wildman–Crippen LogP) is 4.37. The molecule has 0 saturated carbocycles. The number of amides is 5. The Morgan fingerprint density at radius 2 is 1.49 bits per heavy atom. The fraction of sp³-hybridized carbons (Fsp3) is 0.738. The molecule has 2 unspecified atom stereocenters.